The van der Waals surface area contributed by atoms with Crippen LogP contribution in [0.2, 0.25) is 5.28 Å². The van der Waals surface area contributed by atoms with E-state index in [2.05, 4.69) is 28.1 Å². The summed E-state index contributed by atoms with van der Waals surface area (Å²) >= 11 is 6.03. The summed E-state index contributed by atoms with van der Waals surface area (Å²) in [6, 6.07) is 9.42. The van der Waals surface area contributed by atoms with Crippen LogP contribution >= 0.6 is 11.6 Å². The Morgan fingerprint density at radius 3 is 2.61 bits per heavy atom. The molecule has 0 saturated carbocycles. The van der Waals surface area contributed by atoms with Crippen molar-refractivity contribution in [2.75, 3.05) is 0 Å². The highest BCUT2D eigenvalue weighted by Gasteiger charge is 2.16. The molecular formula is C27H30ClN7O3. The van der Waals surface area contributed by atoms with Crippen LogP contribution in [-0.2, 0) is 33.1 Å². The molecule has 0 aliphatic heterocycles. The van der Waals surface area contributed by atoms with Gasteiger partial charge in [0.15, 0.2) is 11.2 Å². The number of H-pyrrole nitrogens is 1. The Kier molecular flexibility index (Phi) is 7.33. The summed E-state index contributed by atoms with van der Waals surface area (Å²) < 4.78 is 6.32. The van der Waals surface area contributed by atoms with E-state index < -0.39 is 5.56 Å². The van der Waals surface area contributed by atoms with Gasteiger partial charge < -0.3 is 9.55 Å². The molecule has 11 heteroatoms. The molecular weight excluding hydrogens is 506 g/mol. The average molecular weight is 536 g/mol. The molecule has 10 nitrogen and oxygen atoms in total. The van der Waals surface area contributed by atoms with Crippen LogP contribution in [0.1, 0.15) is 43.7 Å². The standard InChI is InChI=1S/C27H30ClN7O3/c1-3-4-5-12-34-24-23(30-26(28)31-24)25(37)35(27(34)38)13-6-7-19-15-29-33(17-19)16-18-8-10-21-20(14-18)9-11-22(36)32(21)2/h8-11,14-15,17H,3-7,12-13,16H2,1-2H3,(H,30,31). The van der Waals surface area contributed by atoms with Crippen LogP contribution in [0.3, 0.4) is 0 Å². The van der Waals surface area contributed by atoms with Crippen molar-refractivity contribution in [2.24, 2.45) is 7.05 Å². The molecule has 5 rings (SSSR count). The third-order valence-corrected chi connectivity index (χ3v) is 7.06. The van der Waals surface area contributed by atoms with E-state index in [0.29, 0.717) is 31.6 Å². The molecule has 198 valence electrons. The van der Waals surface area contributed by atoms with Gasteiger partial charge in [-0.05, 0) is 65.6 Å². The highest BCUT2D eigenvalue weighted by atomic mass is 35.5. The van der Waals surface area contributed by atoms with E-state index in [9.17, 15) is 14.4 Å². The first-order chi connectivity index (χ1) is 18.4. The lowest BCUT2D eigenvalue weighted by Gasteiger charge is -2.11. The maximum atomic E-state index is 13.2. The number of unbranched alkanes of at least 4 members (excludes halogenated alkanes) is 2. The Labute approximate surface area is 223 Å². The van der Waals surface area contributed by atoms with Crippen molar-refractivity contribution in [3.8, 4) is 0 Å². The molecule has 0 aliphatic rings. The Bertz CT molecular complexity index is 1790. The molecule has 0 atom stereocenters. The third kappa shape index (κ3) is 5.08. The van der Waals surface area contributed by atoms with E-state index in [-0.39, 0.29) is 28.6 Å². The molecule has 0 spiro atoms. The molecule has 0 saturated heterocycles. The first kappa shape index (κ1) is 25.7. The highest BCUT2D eigenvalue weighted by Crippen LogP contribution is 2.15. The molecule has 0 aliphatic carbocycles. The Hall–Kier alpha value is -3.92. The van der Waals surface area contributed by atoms with Crippen LogP contribution in [0, 0.1) is 0 Å². The summed E-state index contributed by atoms with van der Waals surface area (Å²) in [6.45, 7) is 3.46. The third-order valence-electron chi connectivity index (χ3n) is 6.89. The summed E-state index contributed by atoms with van der Waals surface area (Å²) in [5.74, 6) is 0. The van der Waals surface area contributed by atoms with Crippen molar-refractivity contribution in [1.29, 1.82) is 0 Å². The minimum atomic E-state index is -0.402. The number of imidazole rings is 1. The molecule has 1 aromatic carbocycles. The van der Waals surface area contributed by atoms with Crippen molar-refractivity contribution in [3.63, 3.8) is 0 Å². The fourth-order valence-electron chi connectivity index (χ4n) is 4.84. The minimum Gasteiger partial charge on any atom is -0.323 e. The van der Waals surface area contributed by atoms with E-state index in [1.54, 1.807) is 22.2 Å². The van der Waals surface area contributed by atoms with Gasteiger partial charge in [-0.1, -0.05) is 25.8 Å². The van der Waals surface area contributed by atoms with Crippen molar-refractivity contribution in [3.05, 3.63) is 90.3 Å². The van der Waals surface area contributed by atoms with Crippen LogP contribution < -0.4 is 16.8 Å². The fraction of sp³-hybridized carbons (Fsp3) is 0.370. The predicted molar refractivity (Wildman–Crippen MR) is 148 cm³/mol. The number of rotatable bonds is 10. The molecule has 0 unspecified atom stereocenters. The van der Waals surface area contributed by atoms with Gasteiger partial charge in [0.05, 0.1) is 18.3 Å². The number of halogens is 1. The molecule has 5 aromatic rings. The zero-order chi connectivity index (χ0) is 26.8. The van der Waals surface area contributed by atoms with E-state index in [0.717, 1.165) is 41.3 Å². The molecule has 0 fully saturated rings. The smallest absolute Gasteiger partial charge is 0.323 e. The lowest BCUT2D eigenvalue weighted by atomic mass is 10.1. The van der Waals surface area contributed by atoms with Crippen LogP contribution in [0.15, 0.2) is 57.1 Å². The summed E-state index contributed by atoms with van der Waals surface area (Å²) in [7, 11) is 1.77. The van der Waals surface area contributed by atoms with Crippen LogP contribution in [-0.4, -0.2) is 33.4 Å². The molecule has 4 aromatic heterocycles. The van der Waals surface area contributed by atoms with E-state index in [1.807, 2.05) is 35.3 Å². The Morgan fingerprint density at radius 2 is 1.79 bits per heavy atom. The largest absolute Gasteiger partial charge is 0.332 e. The number of nitrogens with zero attached hydrogens (tertiary/aromatic N) is 6. The topological polar surface area (TPSA) is 112 Å². The number of hydrogen-bond acceptors (Lipinski definition) is 5. The molecule has 0 bridgehead atoms. The second-order valence-electron chi connectivity index (χ2n) is 9.60. The zero-order valence-corrected chi connectivity index (χ0v) is 22.2. The van der Waals surface area contributed by atoms with Gasteiger partial charge in [-0.3, -0.25) is 23.4 Å². The number of benzene rings is 1. The van der Waals surface area contributed by atoms with Gasteiger partial charge in [-0.2, -0.15) is 10.1 Å². The molecule has 0 amide bonds. The van der Waals surface area contributed by atoms with Crippen LogP contribution in [0.4, 0.5) is 0 Å². The lowest BCUT2D eigenvalue weighted by molar-refractivity contribution is 0.526. The number of nitrogens with one attached hydrogen (secondary N) is 1. The Balaban J connectivity index is 1.29. The number of pyridine rings is 1. The maximum absolute atomic E-state index is 13.2. The van der Waals surface area contributed by atoms with Crippen molar-refractivity contribution < 1.29 is 0 Å². The zero-order valence-electron chi connectivity index (χ0n) is 21.5. The van der Waals surface area contributed by atoms with E-state index in [1.165, 1.54) is 4.57 Å². The van der Waals surface area contributed by atoms with E-state index >= 15 is 0 Å². The first-order valence-electron chi connectivity index (χ1n) is 12.8. The predicted octanol–water partition coefficient (Wildman–Crippen LogP) is 3.46. The molecule has 1 N–H and O–H groups in total. The van der Waals surface area contributed by atoms with Gasteiger partial charge in [0.25, 0.3) is 11.1 Å². The summed E-state index contributed by atoms with van der Waals surface area (Å²) in [6.07, 6.45) is 7.89. The number of aryl methyl sites for hydroxylation is 3. The van der Waals surface area contributed by atoms with Gasteiger partial charge in [-0.15, -0.1) is 0 Å². The van der Waals surface area contributed by atoms with Gasteiger partial charge in [0, 0.05) is 32.4 Å². The van der Waals surface area contributed by atoms with Crippen molar-refractivity contribution >= 4 is 33.7 Å². The van der Waals surface area contributed by atoms with Crippen LogP contribution in [0.25, 0.3) is 22.1 Å². The van der Waals surface area contributed by atoms with Gasteiger partial charge in [0.1, 0.15) is 0 Å². The Morgan fingerprint density at radius 1 is 0.974 bits per heavy atom. The average Bonchev–Trinajstić information content (AvgIpc) is 3.51. The maximum Gasteiger partial charge on any atom is 0.332 e. The molecule has 38 heavy (non-hydrogen) atoms. The molecule has 4 heterocycles. The SMILES string of the molecule is CCCCCn1c(=O)n(CCCc2cnn(Cc3ccc4c(ccc(=O)n4C)c3)c2)c(=O)c2[nH]c(Cl)nc21. The summed E-state index contributed by atoms with van der Waals surface area (Å²) in [5.41, 5.74) is 2.77. The van der Waals surface area contributed by atoms with Gasteiger partial charge in [-0.25, -0.2) is 4.79 Å². The molecule has 0 radical (unpaired) electrons. The lowest BCUT2D eigenvalue weighted by Crippen LogP contribution is -2.40. The van der Waals surface area contributed by atoms with Crippen molar-refractivity contribution in [2.45, 2.75) is 58.7 Å². The van der Waals surface area contributed by atoms with Crippen molar-refractivity contribution in [1.82, 2.24) is 33.4 Å². The summed E-state index contributed by atoms with van der Waals surface area (Å²) in [4.78, 5) is 45.0. The van der Waals surface area contributed by atoms with Crippen LogP contribution in [0.5, 0.6) is 0 Å². The quantitative estimate of drug-likeness (QED) is 0.217. The number of aromatic nitrogens is 7. The second kappa shape index (κ2) is 10.8. The normalized spacial score (nSPS) is 11.7. The number of hydrogen-bond donors (Lipinski definition) is 1. The van der Waals surface area contributed by atoms with E-state index in [4.69, 9.17) is 11.6 Å². The monoisotopic (exact) mass is 535 g/mol. The minimum absolute atomic E-state index is 0.0343. The fourth-order valence-corrected chi connectivity index (χ4v) is 5.01. The van der Waals surface area contributed by atoms with Gasteiger partial charge in [0.2, 0.25) is 5.28 Å². The first-order valence-corrected chi connectivity index (χ1v) is 13.2. The summed E-state index contributed by atoms with van der Waals surface area (Å²) in [5, 5.41) is 5.58. The van der Waals surface area contributed by atoms with Gasteiger partial charge >= 0.3 is 5.69 Å². The number of aromatic amines is 1. The number of fused-ring (bicyclic) bond motifs is 2. The highest BCUT2D eigenvalue weighted by molar-refractivity contribution is 6.29. The second-order valence-corrected chi connectivity index (χ2v) is 9.96.